The molecule has 1 aliphatic rings. The molecule has 80 valence electrons. The summed E-state index contributed by atoms with van der Waals surface area (Å²) in [6.07, 6.45) is 9.82. The molecule has 0 aliphatic heterocycles. The highest BCUT2D eigenvalue weighted by Gasteiger charge is 2.13. The quantitative estimate of drug-likeness (QED) is 0.338. The molecule has 0 heterocycles. The highest BCUT2D eigenvalue weighted by atomic mass is 127. The molecule has 14 heavy (non-hydrogen) atoms. The van der Waals surface area contributed by atoms with Crippen LogP contribution in [0.3, 0.4) is 0 Å². The van der Waals surface area contributed by atoms with E-state index in [0.717, 1.165) is 3.58 Å². The smallest absolute Gasteiger partial charge is 0.343 e. The van der Waals surface area contributed by atoms with Crippen LogP contribution in [0.4, 0.5) is 0 Å². The van der Waals surface area contributed by atoms with E-state index in [1.165, 1.54) is 45.6 Å². The number of halogens is 1. The van der Waals surface area contributed by atoms with Crippen molar-refractivity contribution in [2.45, 2.75) is 38.5 Å². The maximum Gasteiger partial charge on any atom is 0.343 e. The maximum absolute atomic E-state index is 11.2. The lowest BCUT2D eigenvalue weighted by Gasteiger charge is -2.08. The molecule has 1 fully saturated rings. The Balaban J connectivity index is 2.50. The number of hydrogen-bond donors (Lipinski definition) is 0. The van der Waals surface area contributed by atoms with Crippen molar-refractivity contribution in [1.29, 1.82) is 0 Å². The standard InChI is InChI=1S/C11H17IO2/c1-14-11(13)10(12)8-9-6-4-2-3-5-7-9/h8-9H,2-7H2,1H3/b10-8-. The molecule has 0 aromatic heterocycles. The number of carbonyl (C=O) groups is 1. The SMILES string of the molecule is COC(=O)/C(I)=C/C1CCCCCC1. The Kier molecular flexibility index (Phi) is 5.52. The monoisotopic (exact) mass is 308 g/mol. The molecule has 0 spiro atoms. The number of rotatable bonds is 2. The van der Waals surface area contributed by atoms with E-state index in [2.05, 4.69) is 33.4 Å². The van der Waals surface area contributed by atoms with Gasteiger partial charge >= 0.3 is 5.97 Å². The average molecular weight is 308 g/mol. The predicted molar refractivity (Wildman–Crippen MR) is 65.3 cm³/mol. The van der Waals surface area contributed by atoms with Crippen molar-refractivity contribution in [2.24, 2.45) is 5.92 Å². The third-order valence-corrected chi connectivity index (χ3v) is 3.46. The molecule has 2 nitrogen and oxygen atoms in total. The Hall–Kier alpha value is -0.0600. The van der Waals surface area contributed by atoms with Crippen LogP contribution in [-0.4, -0.2) is 13.1 Å². The van der Waals surface area contributed by atoms with Gasteiger partial charge in [0.2, 0.25) is 0 Å². The first-order valence-corrected chi connectivity index (χ1v) is 6.27. The number of allylic oxidation sites excluding steroid dienone is 1. The molecular weight excluding hydrogens is 291 g/mol. The molecule has 3 heteroatoms. The van der Waals surface area contributed by atoms with Crippen LogP contribution in [0.5, 0.6) is 0 Å². The van der Waals surface area contributed by atoms with Crippen LogP contribution in [0.15, 0.2) is 9.66 Å². The third-order valence-electron chi connectivity index (χ3n) is 2.66. The van der Waals surface area contributed by atoms with E-state index in [-0.39, 0.29) is 5.97 Å². The Morgan fingerprint density at radius 3 is 2.36 bits per heavy atom. The molecule has 1 rings (SSSR count). The maximum atomic E-state index is 11.2. The van der Waals surface area contributed by atoms with Gasteiger partial charge in [0.25, 0.3) is 0 Å². The molecule has 0 amide bonds. The minimum atomic E-state index is -0.199. The summed E-state index contributed by atoms with van der Waals surface area (Å²) in [6.45, 7) is 0. The van der Waals surface area contributed by atoms with Gasteiger partial charge in [-0.15, -0.1) is 0 Å². The summed E-state index contributed by atoms with van der Waals surface area (Å²) in [5, 5.41) is 0. The first-order valence-electron chi connectivity index (χ1n) is 5.19. The van der Waals surface area contributed by atoms with Crippen molar-refractivity contribution in [1.82, 2.24) is 0 Å². The average Bonchev–Trinajstić information content (AvgIpc) is 2.45. The zero-order valence-electron chi connectivity index (χ0n) is 8.59. The minimum absolute atomic E-state index is 0.199. The molecule has 1 aliphatic carbocycles. The summed E-state index contributed by atoms with van der Waals surface area (Å²) in [4.78, 5) is 11.2. The van der Waals surface area contributed by atoms with Gasteiger partial charge in [-0.3, -0.25) is 0 Å². The van der Waals surface area contributed by atoms with Gasteiger partial charge in [-0.25, -0.2) is 4.79 Å². The van der Waals surface area contributed by atoms with E-state index in [1.807, 2.05) is 0 Å². The van der Waals surface area contributed by atoms with E-state index in [1.54, 1.807) is 0 Å². The second-order valence-corrected chi connectivity index (χ2v) is 4.92. The summed E-state index contributed by atoms with van der Waals surface area (Å²) in [6, 6.07) is 0. The largest absolute Gasteiger partial charge is 0.465 e. The fraction of sp³-hybridized carbons (Fsp3) is 0.727. The van der Waals surface area contributed by atoms with Gasteiger partial charge in [0, 0.05) is 0 Å². The highest BCUT2D eigenvalue weighted by Crippen LogP contribution is 2.26. The van der Waals surface area contributed by atoms with Crippen molar-refractivity contribution in [3.8, 4) is 0 Å². The molecule has 0 aromatic rings. The summed E-state index contributed by atoms with van der Waals surface area (Å²) in [5.41, 5.74) is 0. The van der Waals surface area contributed by atoms with Crippen molar-refractivity contribution in [2.75, 3.05) is 7.11 Å². The summed E-state index contributed by atoms with van der Waals surface area (Å²) < 4.78 is 5.40. The van der Waals surface area contributed by atoms with Crippen molar-refractivity contribution in [3.63, 3.8) is 0 Å². The molecule has 0 atom stereocenters. The van der Waals surface area contributed by atoms with Crippen LogP contribution in [0.1, 0.15) is 38.5 Å². The Labute approximate surface area is 99.2 Å². The number of ether oxygens (including phenoxy) is 1. The van der Waals surface area contributed by atoms with E-state index in [4.69, 9.17) is 0 Å². The Morgan fingerprint density at radius 1 is 1.29 bits per heavy atom. The molecule has 0 radical (unpaired) electrons. The Bertz CT molecular complexity index is 215. The summed E-state index contributed by atoms with van der Waals surface area (Å²) >= 11 is 2.07. The molecule has 0 bridgehead atoms. The van der Waals surface area contributed by atoms with Crippen LogP contribution in [0.25, 0.3) is 0 Å². The fourth-order valence-electron chi connectivity index (χ4n) is 1.85. The topological polar surface area (TPSA) is 26.3 Å². The van der Waals surface area contributed by atoms with Crippen LogP contribution in [-0.2, 0) is 9.53 Å². The van der Waals surface area contributed by atoms with Gasteiger partial charge in [0.15, 0.2) is 0 Å². The van der Waals surface area contributed by atoms with Crippen molar-refractivity contribution >= 4 is 28.6 Å². The van der Waals surface area contributed by atoms with Crippen LogP contribution >= 0.6 is 22.6 Å². The van der Waals surface area contributed by atoms with Crippen LogP contribution in [0, 0.1) is 5.92 Å². The Morgan fingerprint density at radius 2 is 1.86 bits per heavy atom. The second kappa shape index (κ2) is 6.43. The molecular formula is C11H17IO2. The third kappa shape index (κ3) is 3.98. The minimum Gasteiger partial charge on any atom is -0.465 e. The van der Waals surface area contributed by atoms with Crippen LogP contribution in [0.2, 0.25) is 0 Å². The number of esters is 1. The van der Waals surface area contributed by atoms with E-state index in [0.29, 0.717) is 5.92 Å². The predicted octanol–water partition coefficient (Wildman–Crippen LogP) is 3.45. The van der Waals surface area contributed by atoms with Gasteiger partial charge in [0.05, 0.1) is 10.7 Å². The summed E-state index contributed by atoms with van der Waals surface area (Å²) in [5.74, 6) is 0.387. The first kappa shape index (κ1) is 12.0. The number of hydrogen-bond acceptors (Lipinski definition) is 2. The second-order valence-electron chi connectivity index (χ2n) is 3.76. The first-order chi connectivity index (χ1) is 6.74. The van der Waals surface area contributed by atoms with Gasteiger partial charge in [0.1, 0.15) is 0 Å². The van der Waals surface area contributed by atoms with E-state index in [9.17, 15) is 4.79 Å². The van der Waals surface area contributed by atoms with Gasteiger partial charge in [-0.1, -0.05) is 31.8 Å². The van der Waals surface area contributed by atoms with E-state index < -0.39 is 0 Å². The zero-order valence-corrected chi connectivity index (χ0v) is 10.7. The van der Waals surface area contributed by atoms with Gasteiger partial charge in [-0.05, 0) is 41.4 Å². The zero-order chi connectivity index (χ0) is 10.4. The van der Waals surface area contributed by atoms with E-state index >= 15 is 0 Å². The lowest BCUT2D eigenvalue weighted by molar-refractivity contribution is -0.135. The molecule has 0 unspecified atom stereocenters. The van der Waals surface area contributed by atoms with Crippen molar-refractivity contribution < 1.29 is 9.53 Å². The number of carbonyl (C=O) groups excluding carboxylic acids is 1. The molecule has 0 saturated heterocycles. The van der Waals surface area contributed by atoms with Crippen LogP contribution < -0.4 is 0 Å². The lowest BCUT2D eigenvalue weighted by atomic mass is 10.00. The lowest BCUT2D eigenvalue weighted by Crippen LogP contribution is -2.02. The number of methoxy groups -OCH3 is 1. The molecule has 0 N–H and O–H groups in total. The van der Waals surface area contributed by atoms with Crippen molar-refractivity contribution in [3.05, 3.63) is 9.66 Å². The fourth-order valence-corrected chi connectivity index (χ4v) is 2.58. The highest BCUT2D eigenvalue weighted by molar-refractivity contribution is 14.1. The summed E-state index contributed by atoms with van der Waals surface area (Å²) in [7, 11) is 1.43. The molecule has 1 saturated carbocycles. The normalized spacial score (nSPS) is 20.3. The van der Waals surface area contributed by atoms with Gasteiger partial charge < -0.3 is 4.74 Å². The molecule has 0 aromatic carbocycles. The van der Waals surface area contributed by atoms with Gasteiger partial charge in [-0.2, -0.15) is 0 Å².